The largest absolute Gasteiger partial charge is 0.497 e. The van der Waals surface area contributed by atoms with Gasteiger partial charge >= 0.3 is 5.69 Å². The number of carbonyl (C=O) groups is 1. The SMILES string of the molecule is COc1ccc(-c2cnn(CC(=O)Nc3cccc(C)c3)c(=O)n2)cc1. The Morgan fingerprint density at radius 1 is 1.19 bits per heavy atom. The molecule has 0 radical (unpaired) electrons. The van der Waals surface area contributed by atoms with Gasteiger partial charge in [-0.25, -0.2) is 9.48 Å². The molecule has 1 N–H and O–H groups in total. The summed E-state index contributed by atoms with van der Waals surface area (Å²) < 4.78 is 6.13. The zero-order valence-electron chi connectivity index (χ0n) is 14.5. The number of anilines is 1. The molecule has 0 aliphatic carbocycles. The molecule has 1 aromatic heterocycles. The van der Waals surface area contributed by atoms with Crippen LogP contribution in [0.5, 0.6) is 5.75 Å². The summed E-state index contributed by atoms with van der Waals surface area (Å²) in [7, 11) is 1.58. The van der Waals surface area contributed by atoms with E-state index in [0.717, 1.165) is 15.8 Å². The topological polar surface area (TPSA) is 86.1 Å². The predicted molar refractivity (Wildman–Crippen MR) is 98.1 cm³/mol. The minimum atomic E-state index is -0.585. The molecular formula is C19H18N4O3. The van der Waals surface area contributed by atoms with Crippen molar-refractivity contribution >= 4 is 11.6 Å². The van der Waals surface area contributed by atoms with Crippen molar-refractivity contribution in [3.8, 4) is 17.0 Å². The van der Waals surface area contributed by atoms with Gasteiger partial charge < -0.3 is 10.1 Å². The molecule has 0 fully saturated rings. The Kier molecular flexibility index (Phi) is 5.07. The van der Waals surface area contributed by atoms with Crippen molar-refractivity contribution in [3.63, 3.8) is 0 Å². The fraction of sp³-hybridized carbons (Fsp3) is 0.158. The summed E-state index contributed by atoms with van der Waals surface area (Å²) in [4.78, 5) is 28.3. The maximum Gasteiger partial charge on any atom is 0.365 e. The van der Waals surface area contributed by atoms with E-state index in [1.807, 2.05) is 25.1 Å². The van der Waals surface area contributed by atoms with Crippen LogP contribution in [0.25, 0.3) is 11.3 Å². The average Bonchev–Trinajstić information content (AvgIpc) is 2.63. The molecule has 0 spiro atoms. The molecule has 0 aliphatic rings. The highest BCUT2D eigenvalue weighted by atomic mass is 16.5. The molecule has 1 amide bonds. The number of carbonyl (C=O) groups excluding carboxylic acids is 1. The molecule has 1 heterocycles. The minimum absolute atomic E-state index is 0.206. The van der Waals surface area contributed by atoms with Crippen molar-refractivity contribution in [1.82, 2.24) is 14.8 Å². The van der Waals surface area contributed by atoms with Crippen molar-refractivity contribution in [2.45, 2.75) is 13.5 Å². The van der Waals surface area contributed by atoms with Crippen LogP contribution in [0.4, 0.5) is 5.69 Å². The smallest absolute Gasteiger partial charge is 0.365 e. The van der Waals surface area contributed by atoms with Crippen molar-refractivity contribution in [2.75, 3.05) is 12.4 Å². The quantitative estimate of drug-likeness (QED) is 0.763. The van der Waals surface area contributed by atoms with Crippen LogP contribution in [0.2, 0.25) is 0 Å². The van der Waals surface area contributed by atoms with Gasteiger partial charge in [-0.1, -0.05) is 12.1 Å². The molecule has 7 nitrogen and oxygen atoms in total. The van der Waals surface area contributed by atoms with E-state index in [9.17, 15) is 9.59 Å². The van der Waals surface area contributed by atoms with Gasteiger partial charge in [0, 0.05) is 11.3 Å². The first-order chi connectivity index (χ1) is 12.5. The number of hydrogen-bond acceptors (Lipinski definition) is 5. The lowest BCUT2D eigenvalue weighted by Gasteiger charge is -2.08. The van der Waals surface area contributed by atoms with Crippen molar-refractivity contribution in [3.05, 3.63) is 70.8 Å². The molecule has 0 saturated carbocycles. The summed E-state index contributed by atoms with van der Waals surface area (Å²) in [5.74, 6) is 0.368. The first kappa shape index (κ1) is 17.3. The van der Waals surface area contributed by atoms with Crippen molar-refractivity contribution < 1.29 is 9.53 Å². The maximum atomic E-state index is 12.2. The second kappa shape index (κ2) is 7.60. The van der Waals surface area contributed by atoms with Gasteiger partial charge in [0.15, 0.2) is 0 Å². The number of ether oxygens (including phenoxy) is 1. The molecular weight excluding hydrogens is 332 g/mol. The van der Waals surface area contributed by atoms with Gasteiger partial charge in [0.2, 0.25) is 5.91 Å². The van der Waals surface area contributed by atoms with E-state index in [1.165, 1.54) is 6.20 Å². The molecule has 0 aliphatic heterocycles. The average molecular weight is 350 g/mol. The lowest BCUT2D eigenvalue weighted by atomic mass is 10.1. The zero-order chi connectivity index (χ0) is 18.5. The van der Waals surface area contributed by atoms with Gasteiger partial charge in [0.25, 0.3) is 0 Å². The molecule has 2 aromatic carbocycles. The highest BCUT2D eigenvalue weighted by Crippen LogP contribution is 2.18. The Morgan fingerprint density at radius 3 is 2.62 bits per heavy atom. The summed E-state index contributed by atoms with van der Waals surface area (Å²) in [5.41, 5.74) is 2.30. The van der Waals surface area contributed by atoms with Crippen LogP contribution >= 0.6 is 0 Å². The van der Waals surface area contributed by atoms with Crippen LogP contribution < -0.4 is 15.7 Å². The van der Waals surface area contributed by atoms with Crippen LogP contribution in [0.3, 0.4) is 0 Å². The molecule has 0 unspecified atom stereocenters. The van der Waals surface area contributed by atoms with Crippen molar-refractivity contribution in [2.24, 2.45) is 0 Å². The molecule has 0 bridgehead atoms. The normalized spacial score (nSPS) is 10.4. The molecule has 3 rings (SSSR count). The fourth-order valence-electron chi connectivity index (χ4n) is 2.43. The summed E-state index contributed by atoms with van der Waals surface area (Å²) in [6, 6.07) is 14.5. The van der Waals surface area contributed by atoms with Gasteiger partial charge in [0.1, 0.15) is 12.3 Å². The van der Waals surface area contributed by atoms with Crippen molar-refractivity contribution in [1.29, 1.82) is 0 Å². The third-order valence-electron chi connectivity index (χ3n) is 3.74. The Hall–Kier alpha value is -3.48. The maximum absolute atomic E-state index is 12.2. The van der Waals surface area contributed by atoms with Crippen LogP contribution in [-0.2, 0) is 11.3 Å². The van der Waals surface area contributed by atoms with E-state index in [4.69, 9.17) is 4.74 Å². The number of aryl methyl sites for hydroxylation is 1. The third kappa shape index (κ3) is 4.13. The van der Waals surface area contributed by atoms with Gasteiger partial charge in [-0.15, -0.1) is 0 Å². The molecule has 26 heavy (non-hydrogen) atoms. The van der Waals surface area contributed by atoms with Crippen LogP contribution in [0, 0.1) is 6.92 Å². The minimum Gasteiger partial charge on any atom is -0.497 e. The molecule has 0 atom stereocenters. The van der Waals surface area contributed by atoms with Crippen LogP contribution in [0.15, 0.2) is 59.5 Å². The summed E-state index contributed by atoms with van der Waals surface area (Å²) in [6.07, 6.45) is 1.46. The van der Waals surface area contributed by atoms with Crippen LogP contribution in [0.1, 0.15) is 5.56 Å². The number of rotatable bonds is 5. The zero-order valence-corrected chi connectivity index (χ0v) is 14.5. The summed E-state index contributed by atoms with van der Waals surface area (Å²) in [5, 5.41) is 6.78. The number of nitrogens with one attached hydrogen (secondary N) is 1. The van der Waals surface area contributed by atoms with E-state index >= 15 is 0 Å². The molecule has 3 aromatic rings. The highest BCUT2D eigenvalue weighted by Gasteiger charge is 2.09. The number of aromatic nitrogens is 3. The number of amides is 1. The number of methoxy groups -OCH3 is 1. The van der Waals surface area contributed by atoms with E-state index < -0.39 is 5.69 Å². The highest BCUT2D eigenvalue weighted by molar-refractivity contribution is 5.90. The molecule has 7 heteroatoms. The Bertz CT molecular complexity index is 981. The Balaban J connectivity index is 1.73. The first-order valence-corrected chi connectivity index (χ1v) is 8.00. The number of benzene rings is 2. The number of nitrogens with zero attached hydrogens (tertiary/aromatic N) is 3. The Morgan fingerprint density at radius 2 is 1.96 bits per heavy atom. The van der Waals surface area contributed by atoms with E-state index in [0.29, 0.717) is 17.1 Å². The lowest BCUT2D eigenvalue weighted by molar-refractivity contribution is -0.117. The van der Waals surface area contributed by atoms with Crippen LogP contribution in [-0.4, -0.2) is 27.8 Å². The second-order valence-electron chi connectivity index (χ2n) is 5.73. The first-order valence-electron chi connectivity index (χ1n) is 8.00. The lowest BCUT2D eigenvalue weighted by Crippen LogP contribution is -2.31. The fourth-order valence-corrected chi connectivity index (χ4v) is 2.43. The predicted octanol–water partition coefficient (Wildman–Crippen LogP) is 2.26. The monoisotopic (exact) mass is 350 g/mol. The summed E-state index contributed by atoms with van der Waals surface area (Å²) in [6.45, 7) is 1.73. The van der Waals surface area contributed by atoms with E-state index in [-0.39, 0.29) is 12.5 Å². The van der Waals surface area contributed by atoms with Gasteiger partial charge in [-0.05, 0) is 48.9 Å². The standard InChI is InChI=1S/C19H18N4O3/c1-13-4-3-5-15(10-13)21-18(24)12-23-19(25)22-17(11-20-23)14-6-8-16(26-2)9-7-14/h3-11H,12H2,1-2H3,(H,21,24). The summed E-state index contributed by atoms with van der Waals surface area (Å²) >= 11 is 0. The third-order valence-corrected chi connectivity index (χ3v) is 3.74. The second-order valence-corrected chi connectivity index (χ2v) is 5.73. The van der Waals surface area contributed by atoms with E-state index in [1.54, 1.807) is 37.4 Å². The molecule has 132 valence electrons. The van der Waals surface area contributed by atoms with E-state index in [2.05, 4.69) is 15.4 Å². The molecule has 0 saturated heterocycles. The van der Waals surface area contributed by atoms with Gasteiger partial charge in [-0.3, -0.25) is 4.79 Å². The number of hydrogen-bond donors (Lipinski definition) is 1. The van der Waals surface area contributed by atoms with Gasteiger partial charge in [-0.2, -0.15) is 10.1 Å². The Labute approximate surface area is 150 Å². The van der Waals surface area contributed by atoms with Gasteiger partial charge in [0.05, 0.1) is 19.0 Å².